The van der Waals surface area contributed by atoms with Crippen LogP contribution in [0.2, 0.25) is 0 Å². The van der Waals surface area contributed by atoms with E-state index in [1.807, 2.05) is 19.1 Å². The van der Waals surface area contributed by atoms with Crippen molar-refractivity contribution in [2.75, 3.05) is 0 Å². The number of benzene rings is 1. The first kappa shape index (κ1) is 15.2. The second kappa shape index (κ2) is 6.03. The maximum Gasteiger partial charge on any atom is 0.241 e. The Morgan fingerprint density at radius 2 is 1.95 bits per heavy atom. The van der Waals surface area contributed by atoms with Crippen LogP contribution in [0.5, 0.6) is 0 Å². The summed E-state index contributed by atoms with van der Waals surface area (Å²) in [5.74, 6) is 0. The van der Waals surface area contributed by atoms with Crippen LogP contribution in [0.15, 0.2) is 45.9 Å². The molecule has 1 N–H and O–H groups in total. The molecule has 6 heteroatoms. The maximum atomic E-state index is 12.3. The summed E-state index contributed by atoms with van der Waals surface area (Å²) in [7, 11) is -3.55. The van der Waals surface area contributed by atoms with E-state index in [0.29, 0.717) is 5.69 Å². The highest BCUT2D eigenvalue weighted by Gasteiger charge is 2.18. The molecule has 0 bridgehead atoms. The van der Waals surface area contributed by atoms with E-state index in [-0.39, 0.29) is 11.4 Å². The summed E-state index contributed by atoms with van der Waals surface area (Å²) in [6.07, 6.45) is 1.64. The molecule has 0 spiro atoms. The zero-order valence-electron chi connectivity index (χ0n) is 11.2. The molecule has 20 heavy (non-hydrogen) atoms. The highest BCUT2D eigenvalue weighted by atomic mass is 79.9. The third-order valence-electron chi connectivity index (χ3n) is 2.92. The number of aryl methyl sites for hydroxylation is 2. The van der Waals surface area contributed by atoms with Gasteiger partial charge in [0, 0.05) is 10.7 Å². The van der Waals surface area contributed by atoms with Gasteiger partial charge in [-0.2, -0.15) is 0 Å². The fraction of sp³-hybridized carbons (Fsp3) is 0.214. The summed E-state index contributed by atoms with van der Waals surface area (Å²) >= 11 is 3.36. The van der Waals surface area contributed by atoms with Gasteiger partial charge < -0.3 is 0 Å². The van der Waals surface area contributed by atoms with Crippen LogP contribution in [0.4, 0.5) is 0 Å². The minimum absolute atomic E-state index is 0.175. The molecule has 0 fully saturated rings. The Morgan fingerprint density at radius 3 is 2.60 bits per heavy atom. The summed E-state index contributed by atoms with van der Waals surface area (Å²) in [4.78, 5) is 4.38. The van der Waals surface area contributed by atoms with Gasteiger partial charge in [-0.1, -0.05) is 28.1 Å². The van der Waals surface area contributed by atoms with E-state index < -0.39 is 10.0 Å². The Bertz CT molecular complexity index is 715. The minimum Gasteiger partial charge on any atom is -0.260 e. The Labute approximate surface area is 127 Å². The van der Waals surface area contributed by atoms with Crippen molar-refractivity contribution >= 4 is 26.0 Å². The first-order valence-electron chi connectivity index (χ1n) is 6.06. The molecule has 2 rings (SSSR count). The van der Waals surface area contributed by atoms with Gasteiger partial charge in [-0.25, -0.2) is 13.1 Å². The van der Waals surface area contributed by atoms with E-state index >= 15 is 0 Å². The van der Waals surface area contributed by atoms with Gasteiger partial charge in [0.15, 0.2) is 0 Å². The average Bonchev–Trinajstić information content (AvgIpc) is 2.42. The second-order valence-electron chi connectivity index (χ2n) is 4.51. The smallest absolute Gasteiger partial charge is 0.241 e. The van der Waals surface area contributed by atoms with Crippen LogP contribution < -0.4 is 4.72 Å². The van der Waals surface area contributed by atoms with Crippen LogP contribution in [0, 0.1) is 13.8 Å². The van der Waals surface area contributed by atoms with Crippen molar-refractivity contribution in [2.45, 2.75) is 25.3 Å². The van der Waals surface area contributed by atoms with Gasteiger partial charge in [0.1, 0.15) is 0 Å². The molecule has 1 aromatic heterocycles. The number of nitrogens with one attached hydrogen (secondary N) is 1. The molecule has 1 aromatic carbocycles. The molecule has 0 aliphatic heterocycles. The molecule has 2 aromatic rings. The molecule has 0 radical (unpaired) electrons. The van der Waals surface area contributed by atoms with E-state index in [0.717, 1.165) is 15.6 Å². The summed E-state index contributed by atoms with van der Waals surface area (Å²) in [6, 6.07) is 8.87. The van der Waals surface area contributed by atoms with E-state index in [4.69, 9.17) is 0 Å². The average molecular weight is 355 g/mol. The number of hydrogen-bond acceptors (Lipinski definition) is 3. The fourth-order valence-electron chi connectivity index (χ4n) is 1.85. The van der Waals surface area contributed by atoms with Crippen LogP contribution in [0.25, 0.3) is 0 Å². The summed E-state index contributed by atoms with van der Waals surface area (Å²) in [6.45, 7) is 3.89. The zero-order valence-corrected chi connectivity index (χ0v) is 13.6. The maximum absolute atomic E-state index is 12.3. The quantitative estimate of drug-likeness (QED) is 0.917. The van der Waals surface area contributed by atoms with Crippen molar-refractivity contribution < 1.29 is 8.42 Å². The Kier molecular flexibility index (Phi) is 4.57. The molecular weight excluding hydrogens is 340 g/mol. The van der Waals surface area contributed by atoms with E-state index in [9.17, 15) is 8.42 Å². The molecule has 0 amide bonds. The van der Waals surface area contributed by atoms with Crippen LogP contribution in [-0.4, -0.2) is 13.4 Å². The third kappa shape index (κ3) is 3.45. The van der Waals surface area contributed by atoms with Gasteiger partial charge in [0.25, 0.3) is 0 Å². The summed E-state index contributed by atoms with van der Waals surface area (Å²) < 4.78 is 28.0. The van der Waals surface area contributed by atoms with Crippen molar-refractivity contribution in [3.8, 4) is 0 Å². The number of halogens is 1. The minimum atomic E-state index is -3.55. The monoisotopic (exact) mass is 354 g/mol. The molecule has 0 aliphatic carbocycles. The lowest BCUT2D eigenvalue weighted by Crippen LogP contribution is -2.24. The molecule has 106 valence electrons. The van der Waals surface area contributed by atoms with Crippen molar-refractivity contribution in [1.29, 1.82) is 0 Å². The molecule has 0 unspecified atom stereocenters. The lowest BCUT2D eigenvalue weighted by Gasteiger charge is -2.11. The molecule has 1 heterocycles. The number of rotatable bonds is 4. The number of sulfonamides is 1. The van der Waals surface area contributed by atoms with Crippen LogP contribution in [0.3, 0.4) is 0 Å². The zero-order chi connectivity index (χ0) is 14.8. The van der Waals surface area contributed by atoms with Gasteiger partial charge in [-0.15, -0.1) is 0 Å². The van der Waals surface area contributed by atoms with Gasteiger partial charge in [-0.05, 0) is 43.2 Å². The normalized spacial score (nSPS) is 11.6. The van der Waals surface area contributed by atoms with E-state index in [1.165, 1.54) is 0 Å². The number of aromatic nitrogens is 1. The first-order valence-corrected chi connectivity index (χ1v) is 8.34. The predicted molar refractivity (Wildman–Crippen MR) is 81.9 cm³/mol. The van der Waals surface area contributed by atoms with Gasteiger partial charge in [-0.3, -0.25) is 4.98 Å². The van der Waals surface area contributed by atoms with Gasteiger partial charge in [0.2, 0.25) is 10.0 Å². The van der Waals surface area contributed by atoms with Crippen molar-refractivity contribution in [2.24, 2.45) is 0 Å². The van der Waals surface area contributed by atoms with Gasteiger partial charge >= 0.3 is 0 Å². The van der Waals surface area contributed by atoms with Crippen molar-refractivity contribution in [3.05, 3.63) is 57.8 Å². The molecule has 0 saturated heterocycles. The standard InChI is InChI=1S/C14H15BrN2O2S/c1-10-7-11(2)14(8-13(10)15)20(18,19)17-9-12-5-3-4-6-16-12/h3-8,17H,9H2,1-2H3. The SMILES string of the molecule is Cc1cc(C)c(S(=O)(=O)NCc2ccccn2)cc1Br. The molecular formula is C14H15BrN2O2S. The summed E-state index contributed by atoms with van der Waals surface area (Å²) in [5.41, 5.74) is 2.41. The molecule has 0 saturated carbocycles. The largest absolute Gasteiger partial charge is 0.260 e. The molecule has 0 aliphatic rings. The van der Waals surface area contributed by atoms with E-state index in [2.05, 4.69) is 25.6 Å². The Morgan fingerprint density at radius 1 is 1.20 bits per heavy atom. The summed E-state index contributed by atoms with van der Waals surface area (Å²) in [5, 5.41) is 0. The second-order valence-corrected chi connectivity index (χ2v) is 7.10. The van der Waals surface area contributed by atoms with Crippen molar-refractivity contribution in [3.63, 3.8) is 0 Å². The van der Waals surface area contributed by atoms with Gasteiger partial charge in [0.05, 0.1) is 17.1 Å². The highest BCUT2D eigenvalue weighted by Crippen LogP contribution is 2.24. The highest BCUT2D eigenvalue weighted by molar-refractivity contribution is 9.10. The fourth-order valence-corrected chi connectivity index (χ4v) is 3.59. The van der Waals surface area contributed by atoms with Crippen molar-refractivity contribution in [1.82, 2.24) is 9.71 Å². The van der Waals surface area contributed by atoms with Crippen LogP contribution in [0.1, 0.15) is 16.8 Å². The van der Waals surface area contributed by atoms with Crippen LogP contribution >= 0.6 is 15.9 Å². The number of pyridine rings is 1. The number of hydrogen-bond donors (Lipinski definition) is 1. The first-order chi connectivity index (χ1) is 9.40. The topological polar surface area (TPSA) is 59.1 Å². The lowest BCUT2D eigenvalue weighted by molar-refractivity contribution is 0.579. The van der Waals surface area contributed by atoms with Crippen LogP contribution in [-0.2, 0) is 16.6 Å². The predicted octanol–water partition coefficient (Wildman–Crippen LogP) is 2.94. The number of nitrogens with zero attached hydrogens (tertiary/aromatic N) is 1. The molecule has 0 atom stereocenters. The Hall–Kier alpha value is -1.24. The Balaban J connectivity index is 2.25. The lowest BCUT2D eigenvalue weighted by atomic mass is 10.2. The molecule has 4 nitrogen and oxygen atoms in total. The third-order valence-corrected chi connectivity index (χ3v) is 5.31. The van der Waals surface area contributed by atoms with E-state index in [1.54, 1.807) is 31.3 Å².